The minimum Gasteiger partial charge on any atom is -0.462 e. The standard InChI is InChI=1S/C15H22F3N3O2S/c1-3-23-14(22)12-13(15(16,17)18)19-11(24-12)5-8-21-7-4-6-20(2)9-10-21/h3-10H2,1-2H3. The van der Waals surface area contributed by atoms with E-state index in [2.05, 4.69) is 21.8 Å². The Balaban J connectivity index is 2.06. The molecule has 0 bridgehead atoms. The molecule has 0 radical (unpaired) electrons. The summed E-state index contributed by atoms with van der Waals surface area (Å²) in [6.07, 6.45) is -3.21. The number of aromatic nitrogens is 1. The fourth-order valence-electron chi connectivity index (χ4n) is 2.58. The number of carbonyl (C=O) groups is 1. The van der Waals surface area contributed by atoms with E-state index >= 15 is 0 Å². The number of halogens is 3. The van der Waals surface area contributed by atoms with Crippen molar-refractivity contribution in [2.75, 3.05) is 46.4 Å². The molecule has 0 atom stereocenters. The van der Waals surface area contributed by atoms with Crippen molar-refractivity contribution in [3.63, 3.8) is 0 Å². The van der Waals surface area contributed by atoms with Gasteiger partial charge in [0.1, 0.15) is 4.88 Å². The average Bonchev–Trinajstić information content (AvgIpc) is 2.84. The van der Waals surface area contributed by atoms with E-state index in [0.717, 1.165) is 43.9 Å². The van der Waals surface area contributed by atoms with Crippen molar-refractivity contribution in [1.29, 1.82) is 0 Å². The second kappa shape index (κ2) is 8.26. The van der Waals surface area contributed by atoms with Gasteiger partial charge in [-0.05, 0) is 33.5 Å². The molecule has 2 heterocycles. The Labute approximate surface area is 143 Å². The summed E-state index contributed by atoms with van der Waals surface area (Å²) >= 11 is 0.786. The molecule has 0 unspecified atom stereocenters. The van der Waals surface area contributed by atoms with E-state index in [4.69, 9.17) is 4.74 Å². The van der Waals surface area contributed by atoms with E-state index in [9.17, 15) is 18.0 Å². The van der Waals surface area contributed by atoms with Gasteiger partial charge in [0.15, 0.2) is 5.69 Å². The van der Waals surface area contributed by atoms with Crippen LogP contribution in [-0.4, -0.2) is 67.1 Å². The lowest BCUT2D eigenvalue weighted by molar-refractivity contribution is -0.141. The van der Waals surface area contributed by atoms with E-state index in [1.54, 1.807) is 6.92 Å². The maximum Gasteiger partial charge on any atom is 0.435 e. The molecule has 2 rings (SSSR count). The Morgan fingerprint density at radius 1 is 1.29 bits per heavy atom. The Bertz CT molecular complexity index is 563. The Morgan fingerprint density at radius 2 is 2.04 bits per heavy atom. The molecule has 1 aliphatic heterocycles. The molecule has 0 N–H and O–H groups in total. The third kappa shape index (κ3) is 5.15. The van der Waals surface area contributed by atoms with E-state index < -0.39 is 22.7 Å². The number of hydrogen-bond acceptors (Lipinski definition) is 6. The fraction of sp³-hybridized carbons (Fsp3) is 0.733. The normalized spacial score (nSPS) is 17.7. The summed E-state index contributed by atoms with van der Waals surface area (Å²) in [6, 6.07) is 0. The van der Waals surface area contributed by atoms with Crippen LogP contribution in [0.3, 0.4) is 0 Å². The highest BCUT2D eigenvalue weighted by Crippen LogP contribution is 2.35. The molecule has 1 fully saturated rings. The molecule has 1 aromatic rings. The third-order valence-corrected chi connectivity index (χ3v) is 4.95. The molecule has 0 saturated carbocycles. The predicted octanol–water partition coefficient (Wildman–Crippen LogP) is 2.52. The predicted molar refractivity (Wildman–Crippen MR) is 85.3 cm³/mol. The minimum atomic E-state index is -4.65. The summed E-state index contributed by atoms with van der Waals surface area (Å²) in [5.74, 6) is -0.954. The Hall–Kier alpha value is -1.19. The smallest absolute Gasteiger partial charge is 0.435 e. The first-order valence-electron chi connectivity index (χ1n) is 7.96. The van der Waals surface area contributed by atoms with Crippen LogP contribution in [0.15, 0.2) is 0 Å². The second-order valence-corrected chi connectivity index (χ2v) is 6.84. The zero-order valence-corrected chi connectivity index (χ0v) is 14.7. The van der Waals surface area contributed by atoms with Crippen LogP contribution in [0, 0.1) is 0 Å². The molecule has 1 aromatic heterocycles. The van der Waals surface area contributed by atoms with Crippen LogP contribution in [0.25, 0.3) is 0 Å². The van der Waals surface area contributed by atoms with Crippen LogP contribution in [0.5, 0.6) is 0 Å². The molecular weight excluding hydrogens is 343 g/mol. The van der Waals surface area contributed by atoms with Gasteiger partial charge in [-0.25, -0.2) is 9.78 Å². The SMILES string of the molecule is CCOC(=O)c1sc(CCN2CCCN(C)CC2)nc1C(F)(F)F. The van der Waals surface area contributed by atoms with Gasteiger partial charge in [-0.2, -0.15) is 13.2 Å². The van der Waals surface area contributed by atoms with Gasteiger partial charge < -0.3 is 14.5 Å². The molecule has 1 saturated heterocycles. The van der Waals surface area contributed by atoms with Gasteiger partial charge in [-0.1, -0.05) is 0 Å². The number of rotatable bonds is 5. The number of nitrogens with zero attached hydrogens (tertiary/aromatic N) is 3. The zero-order chi connectivity index (χ0) is 17.7. The van der Waals surface area contributed by atoms with Crippen molar-refractivity contribution in [2.24, 2.45) is 0 Å². The third-order valence-electron chi connectivity index (χ3n) is 3.85. The summed E-state index contributed by atoms with van der Waals surface area (Å²) < 4.78 is 43.9. The Kier molecular flexibility index (Phi) is 6.59. The molecule has 24 heavy (non-hydrogen) atoms. The van der Waals surface area contributed by atoms with Crippen LogP contribution in [0.4, 0.5) is 13.2 Å². The average molecular weight is 365 g/mol. The molecule has 0 amide bonds. The molecule has 5 nitrogen and oxygen atoms in total. The van der Waals surface area contributed by atoms with Crippen LogP contribution >= 0.6 is 11.3 Å². The highest BCUT2D eigenvalue weighted by atomic mass is 32.1. The molecule has 9 heteroatoms. The molecule has 0 aliphatic carbocycles. The van der Waals surface area contributed by atoms with Crippen LogP contribution < -0.4 is 0 Å². The summed E-state index contributed by atoms with van der Waals surface area (Å²) in [5, 5.41) is 0.322. The van der Waals surface area contributed by atoms with Gasteiger partial charge in [0.05, 0.1) is 11.6 Å². The number of alkyl halides is 3. The summed E-state index contributed by atoms with van der Waals surface area (Å²) in [7, 11) is 2.06. The quantitative estimate of drug-likeness (QED) is 0.751. The summed E-state index contributed by atoms with van der Waals surface area (Å²) in [4.78, 5) is 19.4. The topological polar surface area (TPSA) is 45.7 Å². The molecular formula is C15H22F3N3O2S. The minimum absolute atomic E-state index is 0.0324. The molecule has 0 spiro atoms. The number of ether oxygens (including phenoxy) is 1. The number of likely N-dealkylation sites (N-methyl/N-ethyl adjacent to an activating group) is 1. The number of thiazole rings is 1. The first kappa shape index (κ1) is 19.1. The van der Waals surface area contributed by atoms with Gasteiger partial charge in [0.25, 0.3) is 0 Å². The van der Waals surface area contributed by atoms with Crippen LogP contribution in [0.2, 0.25) is 0 Å². The van der Waals surface area contributed by atoms with Crippen molar-refractivity contribution in [3.05, 3.63) is 15.6 Å². The van der Waals surface area contributed by atoms with Crippen LogP contribution in [0.1, 0.15) is 33.7 Å². The highest BCUT2D eigenvalue weighted by molar-refractivity contribution is 7.13. The maximum atomic E-state index is 13.1. The largest absolute Gasteiger partial charge is 0.462 e. The molecule has 136 valence electrons. The maximum absolute atomic E-state index is 13.1. The number of esters is 1. The highest BCUT2D eigenvalue weighted by Gasteiger charge is 2.40. The summed E-state index contributed by atoms with van der Waals surface area (Å²) in [5.41, 5.74) is -1.13. The lowest BCUT2D eigenvalue weighted by Crippen LogP contribution is -2.30. The van der Waals surface area contributed by atoms with Crippen LogP contribution in [-0.2, 0) is 17.3 Å². The van der Waals surface area contributed by atoms with Gasteiger partial charge in [0, 0.05) is 26.1 Å². The van der Waals surface area contributed by atoms with Crippen molar-refractivity contribution in [2.45, 2.75) is 25.9 Å². The second-order valence-electron chi connectivity index (χ2n) is 5.75. The van der Waals surface area contributed by atoms with Crippen molar-refractivity contribution >= 4 is 17.3 Å². The summed E-state index contributed by atoms with van der Waals surface area (Å²) in [6.45, 7) is 6.01. The lowest BCUT2D eigenvalue weighted by Gasteiger charge is -2.19. The lowest BCUT2D eigenvalue weighted by atomic mass is 10.3. The van der Waals surface area contributed by atoms with Gasteiger partial charge in [0.2, 0.25) is 0 Å². The molecule has 0 aromatic carbocycles. The van der Waals surface area contributed by atoms with Crippen molar-refractivity contribution in [3.8, 4) is 0 Å². The van der Waals surface area contributed by atoms with Gasteiger partial charge >= 0.3 is 12.1 Å². The first-order valence-corrected chi connectivity index (χ1v) is 8.77. The Morgan fingerprint density at radius 3 is 2.71 bits per heavy atom. The monoisotopic (exact) mass is 365 g/mol. The fourth-order valence-corrected chi connectivity index (χ4v) is 3.54. The number of carbonyl (C=O) groups excluding carboxylic acids is 1. The van der Waals surface area contributed by atoms with Crippen molar-refractivity contribution < 1.29 is 22.7 Å². The van der Waals surface area contributed by atoms with E-state index in [-0.39, 0.29) is 6.61 Å². The van der Waals surface area contributed by atoms with E-state index in [0.29, 0.717) is 18.0 Å². The van der Waals surface area contributed by atoms with Crippen molar-refractivity contribution in [1.82, 2.24) is 14.8 Å². The molecule has 1 aliphatic rings. The zero-order valence-electron chi connectivity index (χ0n) is 13.9. The van der Waals surface area contributed by atoms with E-state index in [1.807, 2.05) is 0 Å². The van der Waals surface area contributed by atoms with Gasteiger partial charge in [-0.3, -0.25) is 0 Å². The number of hydrogen-bond donors (Lipinski definition) is 0. The first-order chi connectivity index (χ1) is 11.3. The van der Waals surface area contributed by atoms with E-state index in [1.165, 1.54) is 0 Å². The van der Waals surface area contributed by atoms with Gasteiger partial charge in [-0.15, -0.1) is 11.3 Å².